The Hall–Kier alpha value is -3.06. The normalized spacial score (nSPS) is 12.1. The fourth-order valence-electron chi connectivity index (χ4n) is 2.70. The summed E-state index contributed by atoms with van der Waals surface area (Å²) in [6.45, 7) is -0.183. The Morgan fingerprint density at radius 3 is 2.76 bits per heavy atom. The van der Waals surface area contributed by atoms with Crippen molar-refractivity contribution in [1.82, 2.24) is 14.3 Å². The van der Waals surface area contributed by atoms with Crippen LogP contribution in [0.3, 0.4) is 0 Å². The standard InChI is InChI=1S/C18H14N4O2S/c1-21-14-8-4-5-9-15(14)25-18(21)20-16(23)11-22-17(24)13-7-3-2-6-12(13)10-19-22/h2-10H,11H2,1H3. The topological polar surface area (TPSA) is 69.2 Å². The van der Waals surface area contributed by atoms with Crippen LogP contribution >= 0.6 is 11.3 Å². The van der Waals surface area contributed by atoms with Crippen molar-refractivity contribution in [3.05, 3.63) is 69.9 Å². The van der Waals surface area contributed by atoms with E-state index in [1.165, 1.54) is 11.3 Å². The zero-order chi connectivity index (χ0) is 17.4. The first kappa shape index (κ1) is 15.5. The van der Waals surface area contributed by atoms with Gasteiger partial charge in [0.05, 0.1) is 21.8 Å². The van der Waals surface area contributed by atoms with Crippen molar-refractivity contribution in [2.45, 2.75) is 6.54 Å². The van der Waals surface area contributed by atoms with Crippen molar-refractivity contribution >= 4 is 38.2 Å². The number of aromatic nitrogens is 3. The van der Waals surface area contributed by atoms with Crippen molar-refractivity contribution < 1.29 is 4.79 Å². The molecule has 4 aromatic rings. The molecule has 1 amide bonds. The number of hydrogen-bond donors (Lipinski definition) is 0. The van der Waals surface area contributed by atoms with Crippen LogP contribution in [0.4, 0.5) is 0 Å². The first-order valence-electron chi connectivity index (χ1n) is 7.70. The highest BCUT2D eigenvalue weighted by atomic mass is 32.1. The molecule has 0 saturated heterocycles. The molecule has 0 N–H and O–H groups in total. The van der Waals surface area contributed by atoms with Crippen molar-refractivity contribution in [3.8, 4) is 0 Å². The molecule has 4 rings (SSSR count). The molecular weight excluding hydrogens is 336 g/mol. The SMILES string of the molecule is Cn1c(=NC(=O)Cn2ncc3ccccc3c2=O)sc2ccccc21. The van der Waals surface area contributed by atoms with Crippen molar-refractivity contribution in [2.75, 3.05) is 0 Å². The lowest BCUT2D eigenvalue weighted by molar-refractivity contribution is -0.118. The molecule has 0 radical (unpaired) electrons. The van der Waals surface area contributed by atoms with Crippen LogP contribution in [0.2, 0.25) is 0 Å². The van der Waals surface area contributed by atoms with E-state index in [4.69, 9.17) is 0 Å². The van der Waals surface area contributed by atoms with Crippen LogP contribution in [0.25, 0.3) is 21.0 Å². The Balaban J connectivity index is 1.71. The minimum Gasteiger partial charge on any atom is -0.319 e. The fraction of sp³-hybridized carbons (Fsp3) is 0.111. The van der Waals surface area contributed by atoms with Gasteiger partial charge in [-0.25, -0.2) is 4.68 Å². The second-order valence-corrected chi connectivity index (χ2v) is 6.62. The monoisotopic (exact) mass is 350 g/mol. The van der Waals surface area contributed by atoms with E-state index in [9.17, 15) is 9.59 Å². The Bertz CT molecular complexity index is 1230. The zero-order valence-electron chi connectivity index (χ0n) is 13.4. The van der Waals surface area contributed by atoms with E-state index in [1.54, 1.807) is 18.3 Å². The highest BCUT2D eigenvalue weighted by Crippen LogP contribution is 2.15. The smallest absolute Gasteiger partial charge is 0.275 e. The third kappa shape index (κ3) is 2.78. The molecule has 2 aromatic carbocycles. The molecule has 0 aliphatic carbocycles. The molecular formula is C18H14N4O2S. The van der Waals surface area contributed by atoms with E-state index in [-0.39, 0.29) is 12.1 Å². The number of benzene rings is 2. The lowest BCUT2D eigenvalue weighted by Crippen LogP contribution is -2.27. The highest BCUT2D eigenvalue weighted by molar-refractivity contribution is 7.16. The van der Waals surface area contributed by atoms with Gasteiger partial charge in [0.15, 0.2) is 4.80 Å². The third-order valence-electron chi connectivity index (χ3n) is 3.98. The van der Waals surface area contributed by atoms with Gasteiger partial charge in [-0.1, -0.05) is 41.7 Å². The number of amides is 1. The van der Waals surface area contributed by atoms with Gasteiger partial charge in [0.1, 0.15) is 6.54 Å². The summed E-state index contributed by atoms with van der Waals surface area (Å²) in [6, 6.07) is 15.0. The summed E-state index contributed by atoms with van der Waals surface area (Å²) in [5.74, 6) is -0.410. The van der Waals surface area contributed by atoms with Gasteiger partial charge in [0, 0.05) is 12.4 Å². The summed E-state index contributed by atoms with van der Waals surface area (Å²) < 4.78 is 4.08. The van der Waals surface area contributed by atoms with Crippen LogP contribution in [0.15, 0.2) is 64.5 Å². The van der Waals surface area contributed by atoms with Crippen molar-refractivity contribution in [3.63, 3.8) is 0 Å². The molecule has 2 aromatic heterocycles. The quantitative estimate of drug-likeness (QED) is 0.556. The number of rotatable bonds is 2. The Morgan fingerprint density at radius 1 is 1.16 bits per heavy atom. The molecule has 0 bridgehead atoms. The van der Waals surface area contributed by atoms with Crippen LogP contribution in [0, 0.1) is 0 Å². The van der Waals surface area contributed by atoms with Crippen LogP contribution in [0.1, 0.15) is 0 Å². The molecule has 0 fully saturated rings. The predicted octanol–water partition coefficient (Wildman–Crippen LogP) is 2.08. The van der Waals surface area contributed by atoms with E-state index in [2.05, 4.69) is 10.1 Å². The lowest BCUT2D eigenvalue weighted by atomic mass is 10.2. The maximum absolute atomic E-state index is 12.4. The molecule has 0 atom stereocenters. The molecule has 2 heterocycles. The molecule has 124 valence electrons. The summed E-state index contributed by atoms with van der Waals surface area (Å²) in [6.07, 6.45) is 1.59. The maximum atomic E-state index is 12.4. The minimum absolute atomic E-state index is 0.183. The van der Waals surface area contributed by atoms with Crippen LogP contribution in [-0.2, 0) is 18.4 Å². The molecule has 25 heavy (non-hydrogen) atoms. The van der Waals surface area contributed by atoms with Crippen LogP contribution in [-0.4, -0.2) is 20.3 Å². The predicted molar refractivity (Wildman–Crippen MR) is 97.4 cm³/mol. The number of thiazole rings is 1. The van der Waals surface area contributed by atoms with Gasteiger partial charge in [0.2, 0.25) is 0 Å². The molecule has 0 aliphatic heterocycles. The van der Waals surface area contributed by atoms with E-state index in [0.29, 0.717) is 10.2 Å². The molecule has 0 saturated carbocycles. The summed E-state index contributed by atoms with van der Waals surface area (Å²) in [7, 11) is 1.87. The Morgan fingerprint density at radius 2 is 1.92 bits per heavy atom. The number of fused-ring (bicyclic) bond motifs is 2. The summed E-state index contributed by atoms with van der Waals surface area (Å²) >= 11 is 1.44. The van der Waals surface area contributed by atoms with Gasteiger partial charge >= 0.3 is 0 Å². The summed E-state index contributed by atoms with van der Waals surface area (Å²) in [5, 5.41) is 5.37. The molecule has 0 spiro atoms. The van der Waals surface area contributed by atoms with Gasteiger partial charge in [-0.05, 0) is 18.2 Å². The van der Waals surface area contributed by atoms with E-state index in [1.807, 2.05) is 48.0 Å². The molecule has 0 aliphatic rings. The first-order chi connectivity index (χ1) is 12.1. The molecule has 7 heteroatoms. The number of aryl methyl sites for hydroxylation is 1. The number of carbonyl (C=O) groups excluding carboxylic acids is 1. The van der Waals surface area contributed by atoms with E-state index < -0.39 is 5.91 Å². The summed E-state index contributed by atoms with van der Waals surface area (Å²) in [5.41, 5.74) is 0.724. The van der Waals surface area contributed by atoms with Gasteiger partial charge in [-0.3, -0.25) is 9.59 Å². The second kappa shape index (κ2) is 6.10. The highest BCUT2D eigenvalue weighted by Gasteiger charge is 2.09. The van der Waals surface area contributed by atoms with Crippen molar-refractivity contribution in [2.24, 2.45) is 12.0 Å². The third-order valence-corrected chi connectivity index (χ3v) is 5.09. The number of hydrogen-bond acceptors (Lipinski definition) is 4. The average molecular weight is 350 g/mol. The van der Waals surface area contributed by atoms with Gasteiger partial charge in [-0.2, -0.15) is 10.1 Å². The Labute approximate surface area is 146 Å². The number of nitrogens with zero attached hydrogens (tertiary/aromatic N) is 4. The van der Waals surface area contributed by atoms with Crippen LogP contribution in [0.5, 0.6) is 0 Å². The van der Waals surface area contributed by atoms with Crippen molar-refractivity contribution in [1.29, 1.82) is 0 Å². The molecule has 0 unspecified atom stereocenters. The zero-order valence-corrected chi connectivity index (χ0v) is 14.2. The lowest BCUT2D eigenvalue weighted by Gasteiger charge is -2.03. The van der Waals surface area contributed by atoms with Gasteiger partial charge in [-0.15, -0.1) is 0 Å². The van der Waals surface area contributed by atoms with Gasteiger partial charge < -0.3 is 4.57 Å². The minimum atomic E-state index is -0.410. The average Bonchev–Trinajstić information content (AvgIpc) is 2.94. The number of para-hydroxylation sites is 1. The largest absolute Gasteiger partial charge is 0.319 e. The fourth-order valence-corrected chi connectivity index (χ4v) is 3.73. The summed E-state index contributed by atoms with van der Waals surface area (Å²) in [4.78, 5) is 29.5. The van der Waals surface area contributed by atoms with E-state index >= 15 is 0 Å². The number of carbonyl (C=O) groups is 1. The molecule has 6 nitrogen and oxygen atoms in total. The van der Waals surface area contributed by atoms with Crippen LogP contribution < -0.4 is 10.4 Å². The first-order valence-corrected chi connectivity index (χ1v) is 8.52. The van der Waals surface area contributed by atoms with Gasteiger partial charge in [0.25, 0.3) is 11.5 Å². The second-order valence-electron chi connectivity index (χ2n) is 5.61. The van der Waals surface area contributed by atoms with E-state index in [0.717, 1.165) is 20.3 Å². The Kier molecular flexibility index (Phi) is 3.77. The maximum Gasteiger partial charge on any atom is 0.275 e.